The van der Waals surface area contributed by atoms with Gasteiger partial charge in [0.25, 0.3) is 0 Å². The second-order valence-electron chi connectivity index (χ2n) is 4.95. The summed E-state index contributed by atoms with van der Waals surface area (Å²) in [5.74, 6) is 4.40. The van der Waals surface area contributed by atoms with E-state index in [2.05, 4.69) is 9.73 Å². The number of nitrogens with one attached hydrogen (secondary N) is 2. The Kier molecular flexibility index (Phi) is 22.6. The molecule has 169 valence electrons. The molecule has 4 N–H and O–H groups in total. The number of hydrogen-bond donors (Lipinski definition) is 2. The smallest absolute Gasteiger partial charge is 0.336 e. The molecule has 1 amide bonds. The van der Waals surface area contributed by atoms with Crippen molar-refractivity contribution in [3.8, 4) is 0 Å². The molecule has 11 nitrogen and oxygen atoms in total. The predicted octanol–water partition coefficient (Wildman–Crippen LogP) is 4.65. The predicted molar refractivity (Wildman–Crippen MR) is 109 cm³/mol. The average Bonchev–Trinajstić information content (AvgIpc) is 2.71. The first-order valence-corrected chi connectivity index (χ1v) is 8.52. The van der Waals surface area contributed by atoms with E-state index in [0.717, 1.165) is 18.2 Å². The molecule has 0 aromatic heterocycles. The first-order valence-electron chi connectivity index (χ1n) is 8.52. The van der Waals surface area contributed by atoms with E-state index in [1.807, 2.05) is 38.1 Å². The number of carboxylic acids is 1. The number of carbonyl (C=O) groups excluding carboxylic acids is 1. The summed E-state index contributed by atoms with van der Waals surface area (Å²) in [4.78, 5) is 37.6. The molecule has 0 bridgehead atoms. The van der Waals surface area contributed by atoms with Crippen LogP contribution in [0.15, 0.2) is 48.5 Å². The second kappa shape index (κ2) is 21.0. The maximum Gasteiger partial charge on any atom is 0.336 e. The van der Waals surface area contributed by atoms with Crippen LogP contribution < -0.4 is 0 Å². The van der Waals surface area contributed by atoms with Crippen LogP contribution >= 0.6 is 0 Å². The normalized spacial score (nSPS) is 8.55. The number of nitro groups is 1. The van der Waals surface area contributed by atoms with Gasteiger partial charge in [0.1, 0.15) is 6.61 Å². The van der Waals surface area contributed by atoms with Crippen LogP contribution in [0.5, 0.6) is 0 Å². The van der Waals surface area contributed by atoms with Gasteiger partial charge < -0.3 is 26.4 Å². The van der Waals surface area contributed by atoms with Gasteiger partial charge in [0.2, 0.25) is 0 Å². The summed E-state index contributed by atoms with van der Waals surface area (Å²) < 4.78 is 0. The average molecular weight is 512 g/mol. The number of rotatable bonds is 6. The topological polar surface area (TPSA) is 184 Å². The van der Waals surface area contributed by atoms with Crippen molar-refractivity contribution in [2.75, 3.05) is 7.05 Å². The van der Waals surface area contributed by atoms with E-state index in [9.17, 15) is 9.59 Å². The van der Waals surface area contributed by atoms with Crippen molar-refractivity contribution < 1.29 is 67.3 Å². The molecule has 0 saturated carbocycles. The Morgan fingerprint density at radius 1 is 1.00 bits per heavy atom. The molecule has 0 spiro atoms. The molecule has 0 saturated heterocycles. The van der Waals surface area contributed by atoms with Gasteiger partial charge in [0.05, 0.1) is 18.1 Å². The van der Waals surface area contributed by atoms with Crippen LogP contribution in [-0.2, 0) is 55.6 Å². The van der Waals surface area contributed by atoms with Crippen molar-refractivity contribution >= 4 is 11.9 Å². The Labute approximate surface area is 205 Å². The van der Waals surface area contributed by atoms with Gasteiger partial charge in [-0.15, -0.1) is 0 Å². The number of aromatic carboxylic acids is 1. The molecule has 0 unspecified atom stereocenters. The van der Waals surface area contributed by atoms with E-state index in [1.54, 1.807) is 0 Å². The number of nitrogens with zero attached hydrogens (tertiary/aromatic N) is 1. The van der Waals surface area contributed by atoms with Crippen LogP contribution in [0, 0.1) is 10.1 Å². The molecule has 0 fully saturated rings. The van der Waals surface area contributed by atoms with Crippen LogP contribution in [0.2, 0.25) is 0 Å². The van der Waals surface area contributed by atoms with Crippen molar-refractivity contribution in [2.24, 2.45) is 0 Å². The van der Waals surface area contributed by atoms with Crippen molar-refractivity contribution in [2.45, 2.75) is 27.1 Å². The molecular weight excluding hydrogens is 487 g/mol. The molecule has 2 aromatic carbocycles. The summed E-state index contributed by atoms with van der Waals surface area (Å²) >= 11 is 0. The molecule has 0 atom stereocenters. The Morgan fingerprint density at radius 3 is 1.71 bits per heavy atom. The standard InChI is InChI=1S/C8H10NO3.C8H7NO3.C2H6.CH3NO2.Y/c9-11-5-7-3-1-2-4-8(7)6-12-10;9-7(10)5-3-1-2-4-6(5)8(11)12;1-2;1-2(3)4;/h1-4,9-10H,5-6H2;1-4H,(H3,9,10,11,12);1-2H3;1H3;/q-1;;;;/p-1. The third kappa shape index (κ3) is 16.1. The number of amides is 1. The fourth-order valence-electron chi connectivity index (χ4n) is 1.85. The number of hydrogen-bond acceptors (Lipinski definition) is 7. The fraction of sp³-hybridized carbons (Fsp3) is 0.263. The van der Waals surface area contributed by atoms with Crippen LogP contribution in [0.1, 0.15) is 45.7 Å². The molecule has 0 aliphatic heterocycles. The molecule has 12 heteroatoms. The second-order valence-corrected chi connectivity index (χ2v) is 4.95. The van der Waals surface area contributed by atoms with E-state index in [-0.39, 0.29) is 57.0 Å². The maximum absolute atomic E-state index is 10.6. The first-order chi connectivity index (χ1) is 14.2. The first kappa shape index (κ1) is 33.4. The van der Waals surface area contributed by atoms with Crippen molar-refractivity contribution in [3.05, 3.63) is 92.5 Å². The van der Waals surface area contributed by atoms with Crippen molar-refractivity contribution in [3.63, 3.8) is 0 Å². The van der Waals surface area contributed by atoms with Gasteiger partial charge in [-0.25, -0.2) is 9.68 Å². The molecule has 0 heterocycles. The maximum atomic E-state index is 10.6. The van der Waals surface area contributed by atoms with Gasteiger partial charge in [-0.1, -0.05) is 56.3 Å². The zero-order valence-corrected chi connectivity index (χ0v) is 20.2. The van der Waals surface area contributed by atoms with Gasteiger partial charge in [0.15, 0.2) is 7.05 Å². The Hall–Kier alpha value is -2.28. The molecule has 2 rings (SSSR count). The molecule has 31 heavy (non-hydrogen) atoms. The third-order valence-electron chi connectivity index (χ3n) is 2.97. The minimum atomic E-state index is -1.19. The van der Waals surface area contributed by atoms with Crippen LogP contribution in [-0.4, -0.2) is 34.2 Å². The van der Waals surface area contributed by atoms with Crippen molar-refractivity contribution in [1.29, 1.82) is 0 Å². The Morgan fingerprint density at radius 2 is 1.39 bits per heavy atom. The minimum absolute atomic E-state index is 0. The van der Waals surface area contributed by atoms with Gasteiger partial charge in [-0.3, -0.25) is 15.4 Å². The van der Waals surface area contributed by atoms with Crippen LogP contribution in [0.25, 0.3) is 11.6 Å². The number of carbonyl (C=O) groups is 2. The number of carboxylic acid groups (broad SMARTS) is 1. The third-order valence-corrected chi connectivity index (χ3v) is 2.97. The van der Waals surface area contributed by atoms with Gasteiger partial charge >= 0.3 is 5.97 Å². The van der Waals surface area contributed by atoms with Crippen molar-refractivity contribution in [1.82, 2.24) is 0 Å². The molecule has 2 aromatic rings. The molecule has 0 aliphatic rings. The summed E-state index contributed by atoms with van der Waals surface area (Å²) in [7, 11) is 0.889. The zero-order valence-electron chi connectivity index (χ0n) is 17.4. The SMILES string of the molecule is CC.C[N+](=O)[O-].[NH-]C(=O)c1ccccc1C(=O)O.[NH-]OCc1ccccc1COO.[Y]. The van der Waals surface area contributed by atoms with E-state index in [0.29, 0.717) is 0 Å². The summed E-state index contributed by atoms with van der Waals surface area (Å²) in [6.07, 6.45) is 0. The van der Waals surface area contributed by atoms with Gasteiger partial charge in [-0.2, -0.15) is 0 Å². The Balaban J connectivity index is -0.000000394. The van der Waals surface area contributed by atoms with E-state index in [4.69, 9.17) is 32.1 Å². The van der Waals surface area contributed by atoms with E-state index >= 15 is 0 Å². The summed E-state index contributed by atoms with van der Waals surface area (Å²) in [6.45, 7) is 4.33. The molecule has 0 aliphatic carbocycles. The quantitative estimate of drug-likeness (QED) is 0.318. The van der Waals surface area contributed by atoms with Gasteiger partial charge in [-0.05, 0) is 17.2 Å². The summed E-state index contributed by atoms with van der Waals surface area (Å²) in [6, 6.07) is 13.0. The van der Waals surface area contributed by atoms with Crippen LogP contribution in [0.3, 0.4) is 0 Å². The minimum Gasteiger partial charge on any atom is -0.664 e. The summed E-state index contributed by atoms with van der Waals surface area (Å²) in [5.41, 5.74) is 8.22. The number of benzene rings is 2. The fourth-order valence-corrected chi connectivity index (χ4v) is 1.85. The summed E-state index contributed by atoms with van der Waals surface area (Å²) in [5, 5.41) is 25.6. The monoisotopic (exact) mass is 512 g/mol. The van der Waals surface area contributed by atoms with E-state index in [1.165, 1.54) is 24.3 Å². The zero-order chi connectivity index (χ0) is 23.5. The Bertz CT molecular complexity index is 728. The van der Waals surface area contributed by atoms with Crippen LogP contribution in [0.4, 0.5) is 0 Å². The molecule has 1 radical (unpaired) electrons. The molecular formula is C19H25N3O8Y-2. The van der Waals surface area contributed by atoms with E-state index < -0.39 is 16.8 Å². The largest absolute Gasteiger partial charge is 0.664 e. The van der Waals surface area contributed by atoms with Gasteiger partial charge in [0, 0.05) is 43.2 Å².